The average molecular weight is 498 g/mol. The van der Waals surface area contributed by atoms with Crippen molar-refractivity contribution < 1.29 is 34.0 Å². The summed E-state index contributed by atoms with van der Waals surface area (Å²) >= 11 is 0. The van der Waals surface area contributed by atoms with Crippen molar-refractivity contribution in [2.75, 3.05) is 34.0 Å². The van der Waals surface area contributed by atoms with Crippen molar-refractivity contribution in [3.8, 4) is 17.2 Å². The van der Waals surface area contributed by atoms with Crippen molar-refractivity contribution in [2.45, 2.75) is 45.6 Å². The van der Waals surface area contributed by atoms with Gasteiger partial charge in [-0.1, -0.05) is 26.8 Å². The summed E-state index contributed by atoms with van der Waals surface area (Å²) in [5.41, 5.74) is 1.41. The van der Waals surface area contributed by atoms with Crippen LogP contribution in [0.5, 0.6) is 17.2 Å². The standard InChI is InChI=1S/C28H35NO7/c1-7-36-21-11-10-18(15-19(21)28(2,3)4)25(31)23-24(17-9-12-22(35-6)20(30)16-17)29(13-8-14-34-5)27(33)26(23)32/h9-12,15-16,24,30-31H,7-8,13-14H2,1-6H3/b25-23-. The van der Waals surface area contributed by atoms with Gasteiger partial charge in [0.1, 0.15) is 11.5 Å². The van der Waals surface area contributed by atoms with Crippen LogP contribution in [0.15, 0.2) is 42.0 Å². The molecule has 1 saturated heterocycles. The number of carbonyl (C=O) groups excluding carboxylic acids is 2. The number of aliphatic hydroxyl groups excluding tert-OH is 1. The number of ether oxygens (including phenoxy) is 3. The molecule has 1 amide bonds. The van der Waals surface area contributed by atoms with Crippen LogP contribution in [-0.2, 0) is 19.7 Å². The molecule has 3 rings (SSSR count). The molecule has 1 heterocycles. The Kier molecular flexibility index (Phi) is 8.30. The van der Waals surface area contributed by atoms with Gasteiger partial charge in [-0.25, -0.2) is 0 Å². The maximum absolute atomic E-state index is 13.3. The lowest BCUT2D eigenvalue weighted by atomic mass is 9.84. The number of hydrogen-bond acceptors (Lipinski definition) is 7. The Morgan fingerprint density at radius 1 is 1.06 bits per heavy atom. The second kappa shape index (κ2) is 11.0. The maximum atomic E-state index is 13.3. The minimum Gasteiger partial charge on any atom is -0.507 e. The molecule has 194 valence electrons. The van der Waals surface area contributed by atoms with E-state index in [4.69, 9.17) is 14.2 Å². The van der Waals surface area contributed by atoms with Crippen LogP contribution in [-0.4, -0.2) is 60.8 Å². The van der Waals surface area contributed by atoms with Crippen LogP contribution in [0.2, 0.25) is 0 Å². The van der Waals surface area contributed by atoms with Gasteiger partial charge in [0.25, 0.3) is 11.7 Å². The first-order valence-corrected chi connectivity index (χ1v) is 12.0. The third kappa shape index (κ3) is 5.33. The Labute approximate surface area is 212 Å². The van der Waals surface area contributed by atoms with E-state index in [0.29, 0.717) is 36.5 Å². The molecule has 2 aromatic rings. The first-order chi connectivity index (χ1) is 17.0. The summed E-state index contributed by atoms with van der Waals surface area (Å²) in [7, 11) is 3.00. The number of amides is 1. The van der Waals surface area contributed by atoms with Crippen molar-refractivity contribution in [3.05, 3.63) is 58.7 Å². The van der Waals surface area contributed by atoms with Crippen molar-refractivity contribution in [3.63, 3.8) is 0 Å². The van der Waals surface area contributed by atoms with Crippen molar-refractivity contribution in [2.24, 2.45) is 0 Å². The lowest BCUT2D eigenvalue weighted by Crippen LogP contribution is -2.31. The Morgan fingerprint density at radius 2 is 1.75 bits per heavy atom. The van der Waals surface area contributed by atoms with Gasteiger partial charge in [0.2, 0.25) is 0 Å². The highest BCUT2D eigenvalue weighted by Crippen LogP contribution is 2.42. The van der Waals surface area contributed by atoms with E-state index < -0.39 is 17.7 Å². The Morgan fingerprint density at radius 3 is 2.33 bits per heavy atom. The van der Waals surface area contributed by atoms with Crippen molar-refractivity contribution >= 4 is 17.4 Å². The molecule has 0 saturated carbocycles. The summed E-state index contributed by atoms with van der Waals surface area (Å²) in [5, 5.41) is 21.8. The first-order valence-electron chi connectivity index (χ1n) is 12.0. The van der Waals surface area contributed by atoms with E-state index >= 15 is 0 Å². The molecule has 0 bridgehead atoms. The van der Waals surface area contributed by atoms with Gasteiger partial charge in [-0.05, 0) is 54.7 Å². The maximum Gasteiger partial charge on any atom is 0.295 e. The Balaban J connectivity index is 2.20. The summed E-state index contributed by atoms with van der Waals surface area (Å²) in [5.74, 6) is -0.953. The Bertz CT molecular complexity index is 1160. The van der Waals surface area contributed by atoms with Crippen LogP contribution in [0.3, 0.4) is 0 Å². The average Bonchev–Trinajstić information content (AvgIpc) is 3.08. The zero-order valence-corrected chi connectivity index (χ0v) is 21.8. The number of likely N-dealkylation sites (tertiary alicyclic amines) is 1. The molecule has 36 heavy (non-hydrogen) atoms. The number of benzene rings is 2. The van der Waals surface area contributed by atoms with Gasteiger partial charge >= 0.3 is 0 Å². The summed E-state index contributed by atoms with van der Waals surface area (Å²) in [6.45, 7) is 9.12. The summed E-state index contributed by atoms with van der Waals surface area (Å²) in [6, 6.07) is 9.03. The third-order valence-electron chi connectivity index (χ3n) is 6.17. The fourth-order valence-electron chi connectivity index (χ4n) is 4.41. The largest absolute Gasteiger partial charge is 0.507 e. The van der Waals surface area contributed by atoms with Crippen LogP contribution in [0, 0.1) is 0 Å². The monoisotopic (exact) mass is 497 g/mol. The molecule has 1 aliphatic heterocycles. The highest BCUT2D eigenvalue weighted by Gasteiger charge is 2.46. The summed E-state index contributed by atoms with van der Waals surface area (Å²) < 4.78 is 16.0. The summed E-state index contributed by atoms with van der Waals surface area (Å²) in [6.07, 6.45) is 0.499. The number of phenols is 1. The fourth-order valence-corrected chi connectivity index (χ4v) is 4.41. The smallest absolute Gasteiger partial charge is 0.295 e. The van der Waals surface area contributed by atoms with Gasteiger partial charge in [-0.15, -0.1) is 0 Å². The van der Waals surface area contributed by atoms with E-state index in [1.165, 1.54) is 18.1 Å². The van der Waals surface area contributed by atoms with E-state index in [1.54, 1.807) is 37.4 Å². The van der Waals surface area contributed by atoms with E-state index in [1.807, 2.05) is 27.7 Å². The molecule has 8 heteroatoms. The number of aromatic hydroxyl groups is 1. The number of Topliss-reactive ketones (excluding diaryl/α,β-unsaturated/α-hetero) is 1. The molecule has 0 spiro atoms. The van der Waals surface area contributed by atoms with Gasteiger partial charge in [0.05, 0.1) is 25.3 Å². The van der Waals surface area contributed by atoms with Gasteiger partial charge in [0, 0.05) is 31.4 Å². The highest BCUT2D eigenvalue weighted by molar-refractivity contribution is 6.46. The predicted molar refractivity (Wildman–Crippen MR) is 136 cm³/mol. The number of carbonyl (C=O) groups is 2. The van der Waals surface area contributed by atoms with Gasteiger partial charge in [-0.3, -0.25) is 9.59 Å². The molecule has 0 radical (unpaired) electrons. The van der Waals surface area contributed by atoms with E-state index in [9.17, 15) is 19.8 Å². The molecule has 2 N–H and O–H groups in total. The molecule has 2 aromatic carbocycles. The fraction of sp³-hybridized carbons (Fsp3) is 0.429. The molecule has 0 aliphatic carbocycles. The topological polar surface area (TPSA) is 106 Å². The number of rotatable bonds is 9. The van der Waals surface area contributed by atoms with Crippen LogP contribution in [0.4, 0.5) is 0 Å². The molecule has 1 aliphatic rings. The molecular weight excluding hydrogens is 462 g/mol. The summed E-state index contributed by atoms with van der Waals surface area (Å²) in [4.78, 5) is 27.8. The minimum atomic E-state index is -0.886. The lowest BCUT2D eigenvalue weighted by molar-refractivity contribution is -0.140. The number of ketones is 1. The second-order valence-corrected chi connectivity index (χ2v) is 9.66. The number of nitrogens with zero attached hydrogens (tertiary/aromatic N) is 1. The number of aliphatic hydroxyl groups is 1. The number of hydrogen-bond donors (Lipinski definition) is 2. The zero-order chi connectivity index (χ0) is 26.6. The quantitative estimate of drug-likeness (QED) is 0.227. The normalized spacial score (nSPS) is 17.5. The van der Waals surface area contributed by atoms with Crippen molar-refractivity contribution in [1.29, 1.82) is 0 Å². The third-order valence-corrected chi connectivity index (χ3v) is 6.17. The molecule has 8 nitrogen and oxygen atoms in total. The van der Waals surface area contributed by atoms with Crippen molar-refractivity contribution in [1.82, 2.24) is 4.90 Å². The lowest BCUT2D eigenvalue weighted by Gasteiger charge is -2.26. The number of phenolic OH excluding ortho intramolecular Hbond substituents is 1. The second-order valence-electron chi connectivity index (χ2n) is 9.66. The van der Waals surface area contributed by atoms with Gasteiger partial charge in [0.15, 0.2) is 11.5 Å². The van der Waals surface area contributed by atoms with Gasteiger partial charge < -0.3 is 29.3 Å². The van der Waals surface area contributed by atoms with E-state index in [0.717, 1.165) is 5.56 Å². The zero-order valence-electron chi connectivity index (χ0n) is 21.8. The predicted octanol–water partition coefficient (Wildman–Crippen LogP) is 4.56. The number of methoxy groups -OCH3 is 2. The molecule has 1 fully saturated rings. The molecule has 1 atom stereocenters. The van der Waals surface area contributed by atoms with Crippen LogP contribution in [0.25, 0.3) is 5.76 Å². The molecule has 0 aromatic heterocycles. The van der Waals surface area contributed by atoms with Crippen LogP contribution < -0.4 is 9.47 Å². The van der Waals surface area contributed by atoms with Crippen LogP contribution >= 0.6 is 0 Å². The molecular formula is C28H35NO7. The van der Waals surface area contributed by atoms with E-state index in [2.05, 4.69) is 0 Å². The molecule has 1 unspecified atom stereocenters. The SMILES string of the molecule is CCOc1ccc(/C(O)=C2/C(=O)C(=O)N(CCCOC)C2c2ccc(OC)c(O)c2)cc1C(C)(C)C. The van der Waals surface area contributed by atoms with Crippen LogP contribution in [0.1, 0.15) is 56.8 Å². The van der Waals surface area contributed by atoms with Gasteiger partial charge in [-0.2, -0.15) is 0 Å². The first kappa shape index (κ1) is 27.1. The van der Waals surface area contributed by atoms with E-state index in [-0.39, 0.29) is 34.8 Å². The highest BCUT2D eigenvalue weighted by atomic mass is 16.5. The minimum absolute atomic E-state index is 0.0361. The Hall–Kier alpha value is -3.52.